The highest BCUT2D eigenvalue weighted by Gasteiger charge is 2.11. The summed E-state index contributed by atoms with van der Waals surface area (Å²) in [6.45, 7) is 0.484. The molecule has 20 heavy (non-hydrogen) atoms. The van der Waals surface area contributed by atoms with Crippen molar-refractivity contribution in [2.24, 2.45) is 0 Å². The zero-order valence-corrected chi connectivity index (χ0v) is 10.5. The Kier molecular flexibility index (Phi) is 2.84. The van der Waals surface area contributed by atoms with E-state index in [4.69, 9.17) is 11.0 Å². The molecule has 3 rings (SSSR count). The van der Waals surface area contributed by atoms with E-state index >= 15 is 0 Å². The van der Waals surface area contributed by atoms with Gasteiger partial charge in [-0.2, -0.15) is 5.26 Å². The van der Waals surface area contributed by atoms with Crippen LogP contribution in [0, 0.1) is 17.1 Å². The van der Waals surface area contributed by atoms with Gasteiger partial charge in [0, 0.05) is 0 Å². The normalized spacial score (nSPS) is 10.6. The second-order valence-electron chi connectivity index (χ2n) is 4.47. The molecule has 0 aliphatic carbocycles. The van der Waals surface area contributed by atoms with Crippen molar-refractivity contribution >= 4 is 17.0 Å². The number of aromatic nitrogens is 2. The van der Waals surface area contributed by atoms with E-state index in [2.05, 4.69) is 11.1 Å². The first-order valence-electron chi connectivity index (χ1n) is 6.08. The third-order valence-electron chi connectivity index (χ3n) is 3.18. The van der Waals surface area contributed by atoms with E-state index in [9.17, 15) is 4.39 Å². The number of nitriles is 1. The van der Waals surface area contributed by atoms with Crippen molar-refractivity contribution in [1.82, 2.24) is 9.55 Å². The fraction of sp³-hybridized carbons (Fsp3) is 0.0667. The van der Waals surface area contributed by atoms with Crippen molar-refractivity contribution in [1.29, 1.82) is 5.26 Å². The highest BCUT2D eigenvalue weighted by molar-refractivity contribution is 5.79. The van der Waals surface area contributed by atoms with Crippen molar-refractivity contribution in [3.63, 3.8) is 0 Å². The minimum absolute atomic E-state index is 0.273. The number of nitrogens with zero attached hydrogens (tertiary/aromatic N) is 3. The van der Waals surface area contributed by atoms with E-state index in [1.54, 1.807) is 28.8 Å². The summed E-state index contributed by atoms with van der Waals surface area (Å²) in [4.78, 5) is 4.06. The van der Waals surface area contributed by atoms with Gasteiger partial charge in [-0.1, -0.05) is 18.2 Å². The number of rotatable bonds is 2. The minimum Gasteiger partial charge on any atom is -0.369 e. The smallest absolute Gasteiger partial charge is 0.201 e. The van der Waals surface area contributed by atoms with Crippen LogP contribution < -0.4 is 5.73 Å². The lowest BCUT2D eigenvalue weighted by Crippen LogP contribution is -2.04. The van der Waals surface area contributed by atoms with Crippen LogP contribution in [-0.4, -0.2) is 9.55 Å². The molecule has 1 heterocycles. The molecule has 0 saturated carbocycles. The van der Waals surface area contributed by atoms with Gasteiger partial charge in [-0.05, 0) is 29.8 Å². The van der Waals surface area contributed by atoms with Crippen molar-refractivity contribution in [2.75, 3.05) is 5.73 Å². The number of hydrogen-bond acceptors (Lipinski definition) is 3. The summed E-state index contributed by atoms with van der Waals surface area (Å²) in [5, 5.41) is 8.77. The third kappa shape index (κ3) is 1.97. The number of benzene rings is 2. The van der Waals surface area contributed by atoms with Crippen LogP contribution in [-0.2, 0) is 6.54 Å². The third-order valence-corrected chi connectivity index (χ3v) is 3.18. The first-order valence-corrected chi connectivity index (χ1v) is 6.08. The van der Waals surface area contributed by atoms with E-state index in [1.165, 1.54) is 6.07 Å². The van der Waals surface area contributed by atoms with E-state index < -0.39 is 0 Å². The standard InChI is InChI=1S/C15H11FN4/c16-12-2-1-3-13-14(12)19-15(18)20(13)9-11-6-4-10(8-17)5-7-11/h1-7H,9H2,(H2,18,19). The maximum atomic E-state index is 13.6. The number of nitrogens with two attached hydrogens (primary N) is 1. The van der Waals surface area contributed by atoms with Gasteiger partial charge in [0.1, 0.15) is 5.52 Å². The lowest BCUT2D eigenvalue weighted by atomic mass is 10.1. The van der Waals surface area contributed by atoms with Crippen LogP contribution >= 0.6 is 0 Å². The largest absolute Gasteiger partial charge is 0.369 e. The molecule has 0 aliphatic rings. The number of fused-ring (bicyclic) bond motifs is 1. The average Bonchev–Trinajstić information content (AvgIpc) is 2.78. The topological polar surface area (TPSA) is 67.6 Å². The summed E-state index contributed by atoms with van der Waals surface area (Å²) in [6.07, 6.45) is 0. The van der Waals surface area contributed by atoms with Crippen molar-refractivity contribution in [2.45, 2.75) is 6.54 Å². The molecule has 0 saturated heterocycles. The van der Waals surface area contributed by atoms with Gasteiger partial charge in [0.25, 0.3) is 0 Å². The molecule has 0 fully saturated rings. The Morgan fingerprint density at radius 2 is 1.95 bits per heavy atom. The highest BCUT2D eigenvalue weighted by atomic mass is 19.1. The Balaban J connectivity index is 2.04. The molecular formula is C15H11FN4. The maximum Gasteiger partial charge on any atom is 0.201 e. The molecule has 98 valence electrons. The Labute approximate surface area is 114 Å². The molecule has 2 N–H and O–H groups in total. The second-order valence-corrected chi connectivity index (χ2v) is 4.47. The molecule has 0 atom stereocenters. The molecule has 0 unspecified atom stereocenters. The summed E-state index contributed by atoms with van der Waals surface area (Å²) >= 11 is 0. The number of halogens is 1. The first kappa shape index (κ1) is 12.2. The molecule has 0 bridgehead atoms. The van der Waals surface area contributed by atoms with Gasteiger partial charge in [0.15, 0.2) is 5.82 Å². The van der Waals surface area contributed by atoms with Gasteiger partial charge in [-0.25, -0.2) is 9.37 Å². The summed E-state index contributed by atoms with van der Waals surface area (Å²) < 4.78 is 15.4. The van der Waals surface area contributed by atoms with Crippen LogP contribution in [0.3, 0.4) is 0 Å². The van der Waals surface area contributed by atoms with Crippen LogP contribution in [0.5, 0.6) is 0 Å². The number of nitrogen functional groups attached to an aromatic ring is 1. The van der Waals surface area contributed by atoms with Gasteiger partial charge in [0.05, 0.1) is 23.7 Å². The molecule has 5 heteroatoms. The van der Waals surface area contributed by atoms with E-state index in [1.807, 2.05) is 12.1 Å². The van der Waals surface area contributed by atoms with Crippen LogP contribution in [0.1, 0.15) is 11.1 Å². The fourth-order valence-corrected chi connectivity index (χ4v) is 2.16. The SMILES string of the molecule is N#Cc1ccc(Cn2c(N)nc3c(F)cccc32)cc1. The summed E-state index contributed by atoms with van der Waals surface area (Å²) in [6, 6.07) is 14.0. The van der Waals surface area contributed by atoms with Gasteiger partial charge >= 0.3 is 0 Å². The second kappa shape index (κ2) is 4.67. The monoisotopic (exact) mass is 266 g/mol. The lowest BCUT2D eigenvalue weighted by molar-refractivity contribution is 0.637. The highest BCUT2D eigenvalue weighted by Crippen LogP contribution is 2.21. The quantitative estimate of drug-likeness (QED) is 0.775. The van der Waals surface area contributed by atoms with Crippen LogP contribution in [0.25, 0.3) is 11.0 Å². The summed E-state index contributed by atoms with van der Waals surface area (Å²) in [5.41, 5.74) is 8.37. The van der Waals surface area contributed by atoms with Crippen molar-refractivity contribution in [3.05, 3.63) is 59.4 Å². The van der Waals surface area contributed by atoms with Crippen molar-refractivity contribution < 1.29 is 4.39 Å². The molecule has 4 nitrogen and oxygen atoms in total. The lowest BCUT2D eigenvalue weighted by Gasteiger charge is -2.06. The Bertz CT molecular complexity index is 812. The molecule has 0 amide bonds. The zero-order chi connectivity index (χ0) is 14.1. The Morgan fingerprint density at radius 3 is 2.65 bits per heavy atom. The molecule has 0 spiro atoms. The fourth-order valence-electron chi connectivity index (χ4n) is 2.16. The van der Waals surface area contributed by atoms with Gasteiger partial charge in [-0.15, -0.1) is 0 Å². The predicted octanol–water partition coefficient (Wildman–Crippen LogP) is 2.68. The number of anilines is 1. The summed E-state index contributed by atoms with van der Waals surface area (Å²) in [5.74, 6) is -0.109. The Hall–Kier alpha value is -2.87. The molecule has 0 aliphatic heterocycles. The summed E-state index contributed by atoms with van der Waals surface area (Å²) in [7, 11) is 0. The van der Waals surface area contributed by atoms with Crippen LogP contribution in [0.4, 0.5) is 10.3 Å². The average molecular weight is 266 g/mol. The molecular weight excluding hydrogens is 255 g/mol. The molecule has 0 radical (unpaired) electrons. The van der Waals surface area contributed by atoms with Gasteiger partial charge in [-0.3, -0.25) is 0 Å². The number of hydrogen-bond donors (Lipinski definition) is 1. The maximum absolute atomic E-state index is 13.6. The number of para-hydroxylation sites is 1. The predicted molar refractivity (Wildman–Crippen MR) is 74.4 cm³/mol. The van der Waals surface area contributed by atoms with Crippen molar-refractivity contribution in [3.8, 4) is 6.07 Å². The number of imidazole rings is 1. The van der Waals surface area contributed by atoms with Gasteiger partial charge < -0.3 is 10.3 Å². The minimum atomic E-state index is -0.382. The molecule has 2 aromatic carbocycles. The molecule has 1 aromatic heterocycles. The Morgan fingerprint density at radius 1 is 1.20 bits per heavy atom. The van der Waals surface area contributed by atoms with E-state index in [0.717, 1.165) is 5.56 Å². The van der Waals surface area contributed by atoms with E-state index in [0.29, 0.717) is 17.6 Å². The van der Waals surface area contributed by atoms with E-state index in [-0.39, 0.29) is 17.3 Å². The van der Waals surface area contributed by atoms with Crippen LogP contribution in [0.15, 0.2) is 42.5 Å². The zero-order valence-electron chi connectivity index (χ0n) is 10.5. The molecule has 3 aromatic rings. The van der Waals surface area contributed by atoms with Gasteiger partial charge in [0.2, 0.25) is 5.95 Å². The first-order chi connectivity index (χ1) is 9.69. The van der Waals surface area contributed by atoms with Crippen LogP contribution in [0.2, 0.25) is 0 Å².